The summed E-state index contributed by atoms with van der Waals surface area (Å²) in [5.41, 5.74) is 2.16. The van der Waals surface area contributed by atoms with E-state index in [2.05, 4.69) is 21.2 Å². The third kappa shape index (κ3) is 5.39. The van der Waals surface area contributed by atoms with E-state index in [-0.39, 0.29) is 30.3 Å². The fourth-order valence-electron chi connectivity index (χ4n) is 4.37. The second-order valence-corrected chi connectivity index (χ2v) is 10.7. The number of aryl methyl sites for hydroxylation is 1. The van der Waals surface area contributed by atoms with E-state index in [0.717, 1.165) is 28.7 Å². The van der Waals surface area contributed by atoms with Crippen LogP contribution < -0.4 is 15.0 Å². The van der Waals surface area contributed by atoms with Gasteiger partial charge >= 0.3 is 6.09 Å². The Hall–Kier alpha value is -2.43. The van der Waals surface area contributed by atoms with Gasteiger partial charge in [-0.05, 0) is 71.6 Å². The first-order chi connectivity index (χ1) is 15.9. The first-order valence-corrected chi connectivity index (χ1v) is 12.4. The largest absolute Gasteiger partial charge is 0.413 e. The Kier molecular flexibility index (Phi) is 7.35. The fourth-order valence-corrected chi connectivity index (χ4v) is 5.57. The number of methoxy groups -OCH3 is 1. The lowest BCUT2D eigenvalue weighted by atomic mass is 10.1. The monoisotopic (exact) mass is 535 g/mol. The van der Waals surface area contributed by atoms with Gasteiger partial charge in [-0.25, -0.2) is 4.79 Å². The third-order valence-electron chi connectivity index (χ3n) is 5.94. The molecule has 176 valence electrons. The summed E-state index contributed by atoms with van der Waals surface area (Å²) in [6, 6.07) is 8.68. The van der Waals surface area contributed by atoms with Crippen LogP contribution in [0.2, 0.25) is 0 Å². The van der Waals surface area contributed by atoms with E-state index in [1.165, 1.54) is 11.3 Å². The highest BCUT2D eigenvalue weighted by molar-refractivity contribution is 9.11. The zero-order valence-corrected chi connectivity index (χ0v) is 20.9. The van der Waals surface area contributed by atoms with E-state index >= 15 is 0 Å². The number of benzene rings is 1. The Balaban J connectivity index is 1.39. The van der Waals surface area contributed by atoms with Crippen molar-refractivity contribution < 1.29 is 23.9 Å². The molecule has 2 aromatic rings. The van der Waals surface area contributed by atoms with E-state index in [0.29, 0.717) is 29.5 Å². The van der Waals surface area contributed by atoms with Crippen LogP contribution in [0.25, 0.3) is 0 Å². The van der Waals surface area contributed by atoms with Crippen LogP contribution in [0.3, 0.4) is 0 Å². The molecule has 0 radical (unpaired) electrons. The van der Waals surface area contributed by atoms with E-state index < -0.39 is 6.09 Å². The number of hydrogen-bond donors (Lipinski definition) is 1. The minimum atomic E-state index is -0.586. The molecule has 2 saturated heterocycles. The zero-order valence-electron chi connectivity index (χ0n) is 18.5. The number of amides is 3. The van der Waals surface area contributed by atoms with Crippen molar-refractivity contribution >= 4 is 50.9 Å². The standard InChI is InChI=1S/C23H26BrN3O5S/c1-14-10-16(5-6-18(14)22(29)26-9-3-4-17(26)13-31-2)27-12-15(11-20(27)28)25-23(30)32-21-8-7-19(24)33-21/h5-8,10,15,17H,3-4,9,11-13H2,1-2H3,(H,25,30)/t15?,17-/m0/s1. The molecule has 2 aliphatic heterocycles. The number of rotatable bonds is 6. The molecule has 0 saturated carbocycles. The predicted octanol–water partition coefficient (Wildman–Crippen LogP) is 3.96. The average Bonchev–Trinajstić information content (AvgIpc) is 3.48. The molecule has 10 heteroatoms. The Morgan fingerprint density at radius 2 is 2.09 bits per heavy atom. The van der Waals surface area contributed by atoms with Crippen LogP contribution in [-0.2, 0) is 9.53 Å². The number of carbonyl (C=O) groups excluding carboxylic acids is 3. The van der Waals surface area contributed by atoms with Crippen molar-refractivity contribution in [1.29, 1.82) is 0 Å². The van der Waals surface area contributed by atoms with Crippen molar-refractivity contribution in [3.8, 4) is 5.06 Å². The lowest BCUT2D eigenvalue weighted by molar-refractivity contribution is -0.117. The summed E-state index contributed by atoms with van der Waals surface area (Å²) in [5.74, 6) is -0.0915. The molecular weight excluding hydrogens is 510 g/mol. The smallest absolute Gasteiger partial charge is 0.399 e. The molecule has 1 unspecified atom stereocenters. The molecule has 2 aliphatic rings. The molecular formula is C23H26BrN3O5S. The highest BCUT2D eigenvalue weighted by Crippen LogP contribution is 2.29. The van der Waals surface area contributed by atoms with Gasteiger partial charge in [0, 0.05) is 37.9 Å². The van der Waals surface area contributed by atoms with Crippen LogP contribution in [0.5, 0.6) is 5.06 Å². The maximum atomic E-state index is 13.1. The number of nitrogens with zero attached hydrogens (tertiary/aromatic N) is 2. The Labute approximate surface area is 205 Å². The fraction of sp³-hybridized carbons (Fsp3) is 0.435. The topological polar surface area (TPSA) is 88.2 Å². The average molecular weight is 536 g/mol. The molecule has 1 aromatic heterocycles. The van der Waals surface area contributed by atoms with Gasteiger partial charge in [0.2, 0.25) is 5.91 Å². The number of nitrogens with one attached hydrogen (secondary N) is 1. The first-order valence-electron chi connectivity index (χ1n) is 10.8. The summed E-state index contributed by atoms with van der Waals surface area (Å²) in [4.78, 5) is 41.4. The normalized spacial score (nSPS) is 20.4. The molecule has 33 heavy (non-hydrogen) atoms. The summed E-state index contributed by atoms with van der Waals surface area (Å²) in [6.07, 6.45) is 1.52. The van der Waals surface area contributed by atoms with Gasteiger partial charge in [0.25, 0.3) is 5.91 Å². The minimum Gasteiger partial charge on any atom is -0.399 e. The van der Waals surface area contributed by atoms with Gasteiger partial charge < -0.3 is 24.6 Å². The number of anilines is 1. The van der Waals surface area contributed by atoms with Crippen molar-refractivity contribution in [2.75, 3.05) is 31.7 Å². The van der Waals surface area contributed by atoms with Gasteiger partial charge in [-0.3, -0.25) is 9.59 Å². The maximum Gasteiger partial charge on any atom is 0.413 e. The summed E-state index contributed by atoms with van der Waals surface area (Å²) in [7, 11) is 1.65. The van der Waals surface area contributed by atoms with Gasteiger partial charge in [0.1, 0.15) is 0 Å². The van der Waals surface area contributed by atoms with Crippen molar-refractivity contribution in [2.45, 2.75) is 38.3 Å². The van der Waals surface area contributed by atoms with Gasteiger partial charge in [0.15, 0.2) is 5.06 Å². The first kappa shape index (κ1) is 23.7. The minimum absolute atomic E-state index is 0.00569. The molecule has 0 spiro atoms. The van der Waals surface area contributed by atoms with Crippen LogP contribution in [0.15, 0.2) is 34.1 Å². The highest BCUT2D eigenvalue weighted by Gasteiger charge is 2.33. The number of hydrogen-bond acceptors (Lipinski definition) is 6. The van der Waals surface area contributed by atoms with E-state index in [1.54, 1.807) is 36.3 Å². The van der Waals surface area contributed by atoms with Gasteiger partial charge in [-0.15, -0.1) is 0 Å². The molecule has 0 bridgehead atoms. The molecule has 3 amide bonds. The summed E-state index contributed by atoms with van der Waals surface area (Å²) in [6.45, 7) is 3.48. The molecule has 3 heterocycles. The van der Waals surface area contributed by atoms with Crippen molar-refractivity contribution in [1.82, 2.24) is 10.2 Å². The predicted molar refractivity (Wildman–Crippen MR) is 129 cm³/mol. The van der Waals surface area contributed by atoms with Gasteiger partial charge in [-0.1, -0.05) is 11.3 Å². The molecule has 2 fully saturated rings. The van der Waals surface area contributed by atoms with E-state index in [9.17, 15) is 14.4 Å². The Morgan fingerprint density at radius 1 is 1.27 bits per heavy atom. The lowest BCUT2D eigenvalue weighted by Gasteiger charge is -2.25. The maximum absolute atomic E-state index is 13.1. The van der Waals surface area contributed by atoms with Crippen LogP contribution in [0.1, 0.15) is 35.2 Å². The van der Waals surface area contributed by atoms with Crippen molar-refractivity contribution in [3.63, 3.8) is 0 Å². The molecule has 1 aromatic carbocycles. The second kappa shape index (κ2) is 10.2. The molecule has 4 rings (SSSR count). The molecule has 0 aliphatic carbocycles. The summed E-state index contributed by atoms with van der Waals surface area (Å²) < 4.78 is 11.4. The van der Waals surface area contributed by atoms with Gasteiger partial charge in [-0.2, -0.15) is 0 Å². The highest BCUT2D eigenvalue weighted by atomic mass is 79.9. The molecule has 2 atom stereocenters. The molecule has 8 nitrogen and oxygen atoms in total. The van der Waals surface area contributed by atoms with Crippen LogP contribution in [0.4, 0.5) is 10.5 Å². The van der Waals surface area contributed by atoms with Gasteiger partial charge in [0.05, 0.1) is 22.5 Å². The van der Waals surface area contributed by atoms with Crippen molar-refractivity contribution in [3.05, 3.63) is 45.2 Å². The number of carbonyl (C=O) groups is 3. The summed E-state index contributed by atoms with van der Waals surface area (Å²) in [5, 5.41) is 3.23. The number of likely N-dealkylation sites (tertiary alicyclic amines) is 1. The van der Waals surface area contributed by atoms with E-state index in [4.69, 9.17) is 9.47 Å². The van der Waals surface area contributed by atoms with Crippen LogP contribution in [-0.4, -0.2) is 61.7 Å². The van der Waals surface area contributed by atoms with Crippen LogP contribution >= 0.6 is 27.3 Å². The molecule has 1 N–H and O–H groups in total. The Bertz CT molecular complexity index is 1060. The second-order valence-electron chi connectivity index (χ2n) is 8.25. The van der Waals surface area contributed by atoms with E-state index in [1.807, 2.05) is 17.9 Å². The quantitative estimate of drug-likeness (QED) is 0.604. The zero-order chi connectivity index (χ0) is 23.5. The third-order valence-corrected chi connectivity index (χ3v) is 7.44. The SMILES string of the molecule is COC[C@@H]1CCCN1C(=O)c1ccc(N2CC(NC(=O)Oc3ccc(Br)s3)CC2=O)cc1C. The number of thiophene rings is 1. The number of halogens is 1. The van der Waals surface area contributed by atoms with Crippen LogP contribution in [0, 0.1) is 6.92 Å². The number of ether oxygens (including phenoxy) is 2. The Morgan fingerprint density at radius 3 is 2.79 bits per heavy atom. The van der Waals surface area contributed by atoms with Crippen molar-refractivity contribution in [2.24, 2.45) is 0 Å². The summed E-state index contributed by atoms with van der Waals surface area (Å²) >= 11 is 4.63. The lowest BCUT2D eigenvalue weighted by Crippen LogP contribution is -2.39.